The van der Waals surface area contributed by atoms with Gasteiger partial charge in [0.2, 0.25) is 0 Å². The van der Waals surface area contributed by atoms with Crippen LogP contribution >= 0.6 is 0 Å². The Hall–Kier alpha value is -1.59. The summed E-state index contributed by atoms with van der Waals surface area (Å²) < 4.78 is 10.5. The second-order valence-electron chi connectivity index (χ2n) is 4.73. The molecular formula is C14H19NO4. The number of carbonyl (C=O) groups is 1. The first-order chi connectivity index (χ1) is 9.11. The zero-order valence-electron chi connectivity index (χ0n) is 11.3. The van der Waals surface area contributed by atoms with Crippen LogP contribution in [0.25, 0.3) is 0 Å². The Bertz CT molecular complexity index is 461. The summed E-state index contributed by atoms with van der Waals surface area (Å²) in [7, 11) is 1.49. The number of carboxylic acid groups (broad SMARTS) is 1. The third-order valence-electron chi connectivity index (χ3n) is 3.39. The molecule has 2 rings (SSSR count). The number of benzene rings is 1. The quantitative estimate of drug-likeness (QED) is 0.896. The van der Waals surface area contributed by atoms with Crippen molar-refractivity contribution < 1.29 is 19.4 Å². The van der Waals surface area contributed by atoms with Crippen LogP contribution < -0.4 is 4.74 Å². The Labute approximate surface area is 112 Å². The van der Waals surface area contributed by atoms with Gasteiger partial charge < -0.3 is 14.6 Å². The highest BCUT2D eigenvalue weighted by Gasteiger charge is 2.19. The molecule has 104 valence electrons. The summed E-state index contributed by atoms with van der Waals surface area (Å²) in [6.07, 6.45) is 0. The third-order valence-corrected chi connectivity index (χ3v) is 3.39. The van der Waals surface area contributed by atoms with Crippen molar-refractivity contribution in [3.63, 3.8) is 0 Å². The number of carboxylic acids is 1. The summed E-state index contributed by atoms with van der Waals surface area (Å²) in [6, 6.07) is 5.61. The van der Waals surface area contributed by atoms with Crippen LogP contribution in [0.15, 0.2) is 18.2 Å². The molecule has 19 heavy (non-hydrogen) atoms. The van der Waals surface area contributed by atoms with Crippen molar-refractivity contribution in [3.8, 4) is 5.75 Å². The van der Waals surface area contributed by atoms with E-state index >= 15 is 0 Å². The predicted molar refractivity (Wildman–Crippen MR) is 70.6 cm³/mol. The smallest absolute Gasteiger partial charge is 0.339 e. The minimum Gasteiger partial charge on any atom is -0.496 e. The Balaban J connectivity index is 2.14. The molecule has 0 aliphatic carbocycles. The SMILES string of the molecule is COc1cc(CN2CCOCC2C)ccc1C(=O)O. The van der Waals surface area contributed by atoms with E-state index in [1.807, 2.05) is 6.07 Å². The van der Waals surface area contributed by atoms with Crippen molar-refractivity contribution in [2.24, 2.45) is 0 Å². The summed E-state index contributed by atoms with van der Waals surface area (Å²) in [6.45, 7) is 5.28. The van der Waals surface area contributed by atoms with Crippen LogP contribution in [0.4, 0.5) is 0 Å². The Kier molecular flexibility index (Phi) is 4.39. The van der Waals surface area contributed by atoms with E-state index in [4.69, 9.17) is 14.6 Å². The standard InChI is InChI=1S/C14H19NO4/c1-10-9-19-6-5-15(10)8-11-3-4-12(14(16)17)13(7-11)18-2/h3-4,7,10H,5-6,8-9H2,1-2H3,(H,16,17). The molecule has 1 saturated heterocycles. The second kappa shape index (κ2) is 6.04. The number of hydrogen-bond acceptors (Lipinski definition) is 4. The fourth-order valence-corrected chi connectivity index (χ4v) is 2.24. The maximum atomic E-state index is 11.0. The number of methoxy groups -OCH3 is 1. The van der Waals surface area contributed by atoms with Crippen molar-refractivity contribution in [1.29, 1.82) is 0 Å². The van der Waals surface area contributed by atoms with Crippen LogP contribution in [-0.4, -0.2) is 48.9 Å². The lowest BCUT2D eigenvalue weighted by Crippen LogP contribution is -2.42. The molecule has 1 atom stereocenters. The Morgan fingerprint density at radius 2 is 2.37 bits per heavy atom. The maximum absolute atomic E-state index is 11.0. The zero-order chi connectivity index (χ0) is 13.8. The molecule has 5 heteroatoms. The number of aromatic carboxylic acids is 1. The number of hydrogen-bond donors (Lipinski definition) is 1. The van der Waals surface area contributed by atoms with Gasteiger partial charge in [0.05, 0.1) is 20.3 Å². The highest BCUT2D eigenvalue weighted by Crippen LogP contribution is 2.22. The lowest BCUT2D eigenvalue weighted by molar-refractivity contribution is -0.00438. The highest BCUT2D eigenvalue weighted by atomic mass is 16.5. The Morgan fingerprint density at radius 3 is 3.00 bits per heavy atom. The van der Waals surface area contributed by atoms with Crippen LogP contribution in [0.5, 0.6) is 5.75 Å². The van der Waals surface area contributed by atoms with Crippen LogP contribution in [0.3, 0.4) is 0 Å². The molecule has 1 aliphatic rings. The van der Waals surface area contributed by atoms with E-state index in [2.05, 4.69) is 11.8 Å². The normalized spacial score (nSPS) is 20.2. The molecule has 1 aliphatic heterocycles. The third kappa shape index (κ3) is 3.24. The molecule has 1 N–H and O–H groups in total. The number of nitrogens with zero attached hydrogens (tertiary/aromatic N) is 1. The van der Waals surface area contributed by atoms with Gasteiger partial charge >= 0.3 is 5.97 Å². The van der Waals surface area contributed by atoms with Gasteiger partial charge in [0.25, 0.3) is 0 Å². The topological polar surface area (TPSA) is 59.0 Å². The zero-order valence-corrected chi connectivity index (χ0v) is 11.3. The molecule has 0 saturated carbocycles. The fourth-order valence-electron chi connectivity index (χ4n) is 2.24. The van der Waals surface area contributed by atoms with Crippen molar-refractivity contribution in [3.05, 3.63) is 29.3 Å². The molecule has 1 fully saturated rings. The molecule has 0 aromatic heterocycles. The fraction of sp³-hybridized carbons (Fsp3) is 0.500. The van der Waals surface area contributed by atoms with Gasteiger partial charge in [0, 0.05) is 19.1 Å². The van der Waals surface area contributed by atoms with Gasteiger partial charge in [-0.3, -0.25) is 4.90 Å². The second-order valence-corrected chi connectivity index (χ2v) is 4.73. The number of rotatable bonds is 4. The minimum absolute atomic E-state index is 0.196. The molecule has 0 bridgehead atoms. The molecule has 1 aromatic carbocycles. The van der Waals surface area contributed by atoms with Gasteiger partial charge in [-0.2, -0.15) is 0 Å². The van der Waals surface area contributed by atoms with E-state index < -0.39 is 5.97 Å². The summed E-state index contributed by atoms with van der Waals surface area (Å²) in [5.74, 6) is -0.561. The first kappa shape index (κ1) is 13.8. The van der Waals surface area contributed by atoms with E-state index in [1.165, 1.54) is 7.11 Å². The number of ether oxygens (including phenoxy) is 2. The van der Waals surface area contributed by atoms with Gasteiger partial charge in [-0.05, 0) is 24.6 Å². The van der Waals surface area contributed by atoms with Gasteiger partial charge in [-0.1, -0.05) is 6.07 Å². The molecular weight excluding hydrogens is 246 g/mol. The molecule has 0 spiro atoms. The van der Waals surface area contributed by atoms with E-state index in [0.717, 1.165) is 31.9 Å². The molecule has 1 heterocycles. The average Bonchev–Trinajstić information content (AvgIpc) is 2.41. The molecule has 1 unspecified atom stereocenters. The van der Waals surface area contributed by atoms with Gasteiger partial charge in [0.1, 0.15) is 11.3 Å². The maximum Gasteiger partial charge on any atom is 0.339 e. The summed E-state index contributed by atoms with van der Waals surface area (Å²) in [4.78, 5) is 13.3. The lowest BCUT2D eigenvalue weighted by Gasteiger charge is -2.33. The van der Waals surface area contributed by atoms with Crippen LogP contribution in [-0.2, 0) is 11.3 Å². The first-order valence-corrected chi connectivity index (χ1v) is 6.34. The molecule has 1 aromatic rings. The molecule has 0 amide bonds. The molecule has 0 radical (unpaired) electrons. The van der Waals surface area contributed by atoms with E-state index in [9.17, 15) is 4.79 Å². The summed E-state index contributed by atoms with van der Waals surface area (Å²) in [5.41, 5.74) is 1.25. The highest BCUT2D eigenvalue weighted by molar-refractivity contribution is 5.90. The van der Waals surface area contributed by atoms with Crippen LogP contribution in [0.1, 0.15) is 22.8 Å². The van der Waals surface area contributed by atoms with Crippen molar-refractivity contribution in [2.45, 2.75) is 19.5 Å². The Morgan fingerprint density at radius 1 is 1.58 bits per heavy atom. The van der Waals surface area contributed by atoms with Crippen molar-refractivity contribution in [1.82, 2.24) is 4.90 Å². The van der Waals surface area contributed by atoms with Crippen LogP contribution in [0.2, 0.25) is 0 Å². The van der Waals surface area contributed by atoms with Crippen molar-refractivity contribution in [2.75, 3.05) is 26.9 Å². The minimum atomic E-state index is -0.969. The van der Waals surface area contributed by atoms with Gasteiger partial charge in [-0.25, -0.2) is 4.79 Å². The predicted octanol–water partition coefficient (Wildman–Crippen LogP) is 1.61. The number of morpholine rings is 1. The summed E-state index contributed by atoms with van der Waals surface area (Å²) >= 11 is 0. The average molecular weight is 265 g/mol. The van der Waals surface area contributed by atoms with Crippen molar-refractivity contribution >= 4 is 5.97 Å². The van der Waals surface area contributed by atoms with Crippen LogP contribution in [0, 0.1) is 0 Å². The largest absolute Gasteiger partial charge is 0.496 e. The van der Waals surface area contributed by atoms with E-state index in [0.29, 0.717) is 11.8 Å². The van der Waals surface area contributed by atoms with Gasteiger partial charge in [-0.15, -0.1) is 0 Å². The monoisotopic (exact) mass is 265 g/mol. The lowest BCUT2D eigenvalue weighted by atomic mass is 10.1. The first-order valence-electron chi connectivity index (χ1n) is 6.34. The molecule has 5 nitrogen and oxygen atoms in total. The summed E-state index contributed by atoms with van der Waals surface area (Å²) in [5, 5.41) is 9.04. The van der Waals surface area contributed by atoms with E-state index in [-0.39, 0.29) is 5.56 Å². The van der Waals surface area contributed by atoms with Gasteiger partial charge in [0.15, 0.2) is 0 Å². The van der Waals surface area contributed by atoms with E-state index in [1.54, 1.807) is 12.1 Å².